The molecule has 5 heteroatoms. The van der Waals surface area contributed by atoms with Gasteiger partial charge in [0.05, 0.1) is 6.10 Å². The summed E-state index contributed by atoms with van der Waals surface area (Å²) < 4.78 is 24.2. The first kappa shape index (κ1) is 16.7. The standard InChI is InChI=1S/C18H26FNO3/c1-18(2)16(15-4-3-9-22-17(15)18)20-10-13(21)11-23-14-7-5-12(19)6-8-14/h5-8,13,15-17,20-21H,3-4,9-11H2,1-2H3/t13-,15-,16+,17-/m0/s1. The van der Waals surface area contributed by atoms with E-state index in [4.69, 9.17) is 9.47 Å². The van der Waals surface area contributed by atoms with Gasteiger partial charge in [-0.2, -0.15) is 0 Å². The third-order valence-corrected chi connectivity index (χ3v) is 5.16. The molecule has 1 aromatic rings. The molecule has 1 saturated carbocycles. The number of benzene rings is 1. The molecule has 0 unspecified atom stereocenters. The van der Waals surface area contributed by atoms with Crippen molar-refractivity contribution >= 4 is 0 Å². The Morgan fingerprint density at radius 3 is 2.87 bits per heavy atom. The van der Waals surface area contributed by atoms with E-state index in [-0.39, 0.29) is 17.8 Å². The molecule has 3 rings (SSSR count). The van der Waals surface area contributed by atoms with E-state index in [2.05, 4.69) is 19.2 Å². The van der Waals surface area contributed by atoms with E-state index in [0.29, 0.717) is 30.4 Å². The summed E-state index contributed by atoms with van der Waals surface area (Å²) in [5.41, 5.74) is 0.0998. The van der Waals surface area contributed by atoms with Crippen LogP contribution in [-0.4, -0.2) is 43.1 Å². The van der Waals surface area contributed by atoms with E-state index >= 15 is 0 Å². The zero-order chi connectivity index (χ0) is 16.4. The first-order chi connectivity index (χ1) is 11.0. The number of rotatable bonds is 6. The second-order valence-corrected chi connectivity index (χ2v) is 7.22. The SMILES string of the molecule is CC1(C)[C@H](NC[C@H](O)COc2ccc(F)cc2)[C@@H]2CCCO[C@@H]21. The minimum Gasteiger partial charge on any atom is -0.491 e. The van der Waals surface area contributed by atoms with Crippen LogP contribution in [0.2, 0.25) is 0 Å². The monoisotopic (exact) mass is 323 g/mol. The molecule has 0 radical (unpaired) electrons. The normalized spacial score (nSPS) is 30.2. The summed E-state index contributed by atoms with van der Waals surface area (Å²) in [6.45, 7) is 5.98. The fourth-order valence-electron chi connectivity index (χ4n) is 3.98. The number of aliphatic hydroxyl groups excluding tert-OH is 1. The van der Waals surface area contributed by atoms with Crippen LogP contribution in [-0.2, 0) is 4.74 Å². The maximum atomic E-state index is 12.8. The highest BCUT2D eigenvalue weighted by atomic mass is 19.1. The molecule has 2 N–H and O–H groups in total. The van der Waals surface area contributed by atoms with Crippen LogP contribution in [0.3, 0.4) is 0 Å². The highest BCUT2D eigenvalue weighted by Crippen LogP contribution is 2.51. The zero-order valence-electron chi connectivity index (χ0n) is 13.8. The number of halogens is 1. The molecule has 23 heavy (non-hydrogen) atoms. The summed E-state index contributed by atoms with van der Waals surface area (Å²) in [6, 6.07) is 6.19. The molecule has 1 aromatic carbocycles. The van der Waals surface area contributed by atoms with E-state index in [1.54, 1.807) is 12.1 Å². The van der Waals surface area contributed by atoms with Gasteiger partial charge in [0.2, 0.25) is 0 Å². The minimum atomic E-state index is -0.598. The molecule has 1 aliphatic heterocycles. The number of hydrogen-bond acceptors (Lipinski definition) is 4. The summed E-state index contributed by atoms with van der Waals surface area (Å²) in [5.74, 6) is 0.815. The molecular formula is C18H26FNO3. The Hall–Kier alpha value is -1.17. The minimum absolute atomic E-state index is 0.0998. The van der Waals surface area contributed by atoms with Gasteiger partial charge in [-0.3, -0.25) is 0 Å². The average Bonchev–Trinajstić information content (AvgIpc) is 2.54. The van der Waals surface area contributed by atoms with Crippen molar-refractivity contribution in [1.29, 1.82) is 0 Å². The van der Waals surface area contributed by atoms with Crippen molar-refractivity contribution in [2.75, 3.05) is 19.8 Å². The highest BCUT2D eigenvalue weighted by Gasteiger charge is 2.57. The summed E-state index contributed by atoms with van der Waals surface area (Å²) in [6.07, 6.45) is 2.04. The van der Waals surface area contributed by atoms with Gasteiger partial charge in [-0.05, 0) is 37.1 Å². The Morgan fingerprint density at radius 2 is 2.13 bits per heavy atom. The van der Waals surface area contributed by atoms with Gasteiger partial charge in [0, 0.05) is 30.5 Å². The van der Waals surface area contributed by atoms with E-state index in [1.807, 2.05) is 0 Å². The first-order valence-corrected chi connectivity index (χ1v) is 8.40. The van der Waals surface area contributed by atoms with Crippen LogP contribution in [0.5, 0.6) is 5.75 Å². The molecule has 128 valence electrons. The molecule has 2 fully saturated rings. The van der Waals surface area contributed by atoms with Gasteiger partial charge in [-0.1, -0.05) is 13.8 Å². The first-order valence-electron chi connectivity index (χ1n) is 8.40. The largest absolute Gasteiger partial charge is 0.491 e. The zero-order valence-corrected chi connectivity index (χ0v) is 13.8. The smallest absolute Gasteiger partial charge is 0.123 e. The number of fused-ring (bicyclic) bond motifs is 1. The molecule has 1 heterocycles. The highest BCUT2D eigenvalue weighted by molar-refractivity contribution is 5.22. The molecule has 4 atom stereocenters. The van der Waals surface area contributed by atoms with E-state index in [9.17, 15) is 9.50 Å². The van der Waals surface area contributed by atoms with Crippen molar-refractivity contribution in [2.24, 2.45) is 11.3 Å². The molecule has 0 amide bonds. The maximum Gasteiger partial charge on any atom is 0.123 e. The fourth-order valence-corrected chi connectivity index (χ4v) is 3.98. The van der Waals surface area contributed by atoms with Crippen molar-refractivity contribution in [3.8, 4) is 5.75 Å². The summed E-state index contributed by atoms with van der Waals surface area (Å²) in [4.78, 5) is 0. The van der Waals surface area contributed by atoms with E-state index < -0.39 is 6.10 Å². The third-order valence-electron chi connectivity index (χ3n) is 5.16. The summed E-state index contributed by atoms with van der Waals surface area (Å²) in [7, 11) is 0. The molecule has 1 aliphatic carbocycles. The number of hydrogen-bond donors (Lipinski definition) is 2. The van der Waals surface area contributed by atoms with Crippen LogP contribution in [0.15, 0.2) is 24.3 Å². The van der Waals surface area contributed by atoms with Crippen molar-refractivity contribution in [1.82, 2.24) is 5.32 Å². The topological polar surface area (TPSA) is 50.7 Å². The van der Waals surface area contributed by atoms with Crippen molar-refractivity contribution in [2.45, 2.75) is 44.9 Å². The van der Waals surface area contributed by atoms with Crippen molar-refractivity contribution in [3.63, 3.8) is 0 Å². The molecule has 1 saturated heterocycles. The van der Waals surface area contributed by atoms with E-state index in [1.165, 1.54) is 18.6 Å². The lowest BCUT2D eigenvalue weighted by atomic mass is 9.55. The van der Waals surface area contributed by atoms with E-state index in [0.717, 1.165) is 13.0 Å². The molecule has 0 spiro atoms. The molecule has 4 nitrogen and oxygen atoms in total. The van der Waals surface area contributed by atoms with Crippen molar-refractivity contribution in [3.05, 3.63) is 30.1 Å². The van der Waals surface area contributed by atoms with Gasteiger partial charge < -0.3 is 19.9 Å². The fraction of sp³-hybridized carbons (Fsp3) is 0.667. The van der Waals surface area contributed by atoms with Gasteiger partial charge in [0.25, 0.3) is 0 Å². The second-order valence-electron chi connectivity index (χ2n) is 7.22. The van der Waals surface area contributed by atoms with Gasteiger partial charge in [0.15, 0.2) is 0 Å². The van der Waals surface area contributed by atoms with Crippen molar-refractivity contribution < 1.29 is 19.0 Å². The maximum absolute atomic E-state index is 12.8. The Kier molecular flexibility index (Phi) is 4.90. The quantitative estimate of drug-likeness (QED) is 0.844. The third kappa shape index (κ3) is 3.52. The van der Waals surface area contributed by atoms with Crippen LogP contribution in [0.25, 0.3) is 0 Å². The van der Waals surface area contributed by atoms with Gasteiger partial charge in [-0.25, -0.2) is 4.39 Å². The lowest BCUT2D eigenvalue weighted by Crippen LogP contribution is -2.69. The predicted octanol–water partition coefficient (Wildman–Crippen LogP) is 2.36. The Morgan fingerprint density at radius 1 is 1.39 bits per heavy atom. The molecule has 0 bridgehead atoms. The second kappa shape index (κ2) is 6.75. The van der Waals surface area contributed by atoms with Crippen LogP contribution >= 0.6 is 0 Å². The Labute approximate surface area is 137 Å². The Bertz CT molecular complexity index is 520. The Balaban J connectivity index is 1.43. The van der Waals surface area contributed by atoms with Crippen LogP contribution < -0.4 is 10.1 Å². The van der Waals surface area contributed by atoms with Gasteiger partial charge in [0.1, 0.15) is 24.3 Å². The lowest BCUT2D eigenvalue weighted by molar-refractivity contribution is -0.193. The van der Waals surface area contributed by atoms with Gasteiger partial charge >= 0.3 is 0 Å². The predicted molar refractivity (Wildman–Crippen MR) is 85.9 cm³/mol. The summed E-state index contributed by atoms with van der Waals surface area (Å²) in [5, 5.41) is 13.6. The molecule has 0 aromatic heterocycles. The van der Waals surface area contributed by atoms with Crippen LogP contribution in [0.4, 0.5) is 4.39 Å². The number of ether oxygens (including phenoxy) is 2. The van der Waals surface area contributed by atoms with Gasteiger partial charge in [-0.15, -0.1) is 0 Å². The molecular weight excluding hydrogens is 297 g/mol. The summed E-state index contributed by atoms with van der Waals surface area (Å²) >= 11 is 0. The lowest BCUT2D eigenvalue weighted by Gasteiger charge is -2.60. The van der Waals surface area contributed by atoms with Crippen LogP contribution in [0.1, 0.15) is 26.7 Å². The average molecular weight is 323 g/mol. The number of nitrogens with one attached hydrogen (secondary N) is 1. The number of aliphatic hydroxyl groups is 1. The van der Waals surface area contributed by atoms with Crippen LogP contribution in [0, 0.1) is 17.2 Å². The molecule has 2 aliphatic rings.